The maximum absolute atomic E-state index is 4.76. The summed E-state index contributed by atoms with van der Waals surface area (Å²) in [6.45, 7) is 11.5. The highest BCUT2D eigenvalue weighted by Crippen LogP contribution is 2.36. The van der Waals surface area contributed by atoms with Gasteiger partial charge in [0.05, 0.1) is 5.69 Å². The molecule has 0 radical (unpaired) electrons. The van der Waals surface area contributed by atoms with E-state index >= 15 is 0 Å². The maximum Gasteiger partial charge on any atom is 0.185 e. The van der Waals surface area contributed by atoms with E-state index in [1.54, 1.807) is 11.3 Å². The van der Waals surface area contributed by atoms with E-state index in [0.29, 0.717) is 11.5 Å². The molecule has 1 fully saturated rings. The number of anilines is 1. The predicted octanol–water partition coefficient (Wildman–Crippen LogP) is 3.30. The van der Waals surface area contributed by atoms with Gasteiger partial charge in [0.2, 0.25) is 0 Å². The van der Waals surface area contributed by atoms with Gasteiger partial charge in [-0.1, -0.05) is 20.8 Å². The highest BCUT2D eigenvalue weighted by Gasteiger charge is 2.32. The number of nitrogens with zero attached hydrogens (tertiary/aromatic N) is 2. The van der Waals surface area contributed by atoms with Crippen molar-refractivity contribution in [1.82, 2.24) is 10.3 Å². The van der Waals surface area contributed by atoms with Gasteiger partial charge in [0.25, 0.3) is 0 Å². The van der Waals surface area contributed by atoms with Crippen molar-refractivity contribution in [3.63, 3.8) is 0 Å². The molecule has 1 saturated heterocycles. The Labute approximate surface area is 115 Å². The van der Waals surface area contributed by atoms with Gasteiger partial charge in [0, 0.05) is 24.5 Å². The van der Waals surface area contributed by atoms with Crippen molar-refractivity contribution in [3.05, 3.63) is 11.1 Å². The van der Waals surface area contributed by atoms with Crippen LogP contribution in [-0.2, 0) is 0 Å². The SMILES string of the molecule is CNC(C)c1csc(N2CCC(C(C)(C)C)C2)n1. The molecule has 18 heavy (non-hydrogen) atoms. The quantitative estimate of drug-likeness (QED) is 0.911. The Kier molecular flexibility index (Phi) is 3.97. The molecule has 0 spiro atoms. The molecule has 0 bridgehead atoms. The van der Waals surface area contributed by atoms with Gasteiger partial charge in [0.1, 0.15) is 0 Å². The lowest BCUT2D eigenvalue weighted by molar-refractivity contribution is 0.263. The summed E-state index contributed by atoms with van der Waals surface area (Å²) in [5.74, 6) is 0.784. The third-order valence-electron chi connectivity index (χ3n) is 4.07. The van der Waals surface area contributed by atoms with E-state index in [1.165, 1.54) is 11.6 Å². The third-order valence-corrected chi connectivity index (χ3v) is 4.99. The molecule has 1 aromatic heterocycles. The Morgan fingerprint density at radius 1 is 1.50 bits per heavy atom. The molecule has 2 heterocycles. The first-order valence-corrected chi connectivity index (χ1v) is 7.67. The first kappa shape index (κ1) is 13.8. The fourth-order valence-electron chi connectivity index (χ4n) is 2.41. The highest BCUT2D eigenvalue weighted by atomic mass is 32.1. The van der Waals surface area contributed by atoms with Crippen LogP contribution < -0.4 is 10.2 Å². The van der Waals surface area contributed by atoms with E-state index in [0.717, 1.165) is 24.7 Å². The zero-order chi connectivity index (χ0) is 13.3. The highest BCUT2D eigenvalue weighted by molar-refractivity contribution is 7.13. The summed E-state index contributed by atoms with van der Waals surface area (Å²) < 4.78 is 0. The molecule has 1 aliphatic heterocycles. The first-order chi connectivity index (χ1) is 8.41. The molecular formula is C14H25N3S. The van der Waals surface area contributed by atoms with E-state index in [2.05, 4.69) is 43.3 Å². The van der Waals surface area contributed by atoms with Crippen LogP contribution in [0, 0.1) is 11.3 Å². The van der Waals surface area contributed by atoms with Crippen molar-refractivity contribution in [2.75, 3.05) is 25.0 Å². The topological polar surface area (TPSA) is 28.2 Å². The van der Waals surface area contributed by atoms with Gasteiger partial charge in [-0.15, -0.1) is 11.3 Å². The largest absolute Gasteiger partial charge is 0.348 e. The first-order valence-electron chi connectivity index (χ1n) is 6.79. The zero-order valence-electron chi connectivity index (χ0n) is 12.2. The van der Waals surface area contributed by atoms with E-state index < -0.39 is 0 Å². The molecule has 2 atom stereocenters. The Morgan fingerprint density at radius 2 is 2.22 bits per heavy atom. The summed E-state index contributed by atoms with van der Waals surface area (Å²) in [6, 6.07) is 0.344. The van der Waals surface area contributed by atoms with Crippen LogP contribution in [0.25, 0.3) is 0 Å². The van der Waals surface area contributed by atoms with E-state index in [9.17, 15) is 0 Å². The van der Waals surface area contributed by atoms with Gasteiger partial charge in [-0.2, -0.15) is 0 Å². The summed E-state index contributed by atoms with van der Waals surface area (Å²) in [6.07, 6.45) is 1.29. The standard InChI is InChI=1S/C14H25N3S/c1-10(15-5)12-9-18-13(16-12)17-7-6-11(8-17)14(2,3)4/h9-11,15H,6-8H2,1-5H3. The van der Waals surface area contributed by atoms with E-state index in [-0.39, 0.29) is 0 Å². The Morgan fingerprint density at radius 3 is 2.78 bits per heavy atom. The number of aromatic nitrogens is 1. The van der Waals surface area contributed by atoms with Crippen molar-refractivity contribution in [1.29, 1.82) is 0 Å². The number of hydrogen-bond acceptors (Lipinski definition) is 4. The molecular weight excluding hydrogens is 242 g/mol. The van der Waals surface area contributed by atoms with Crippen molar-refractivity contribution >= 4 is 16.5 Å². The minimum absolute atomic E-state index is 0.344. The number of thiazole rings is 1. The van der Waals surface area contributed by atoms with Gasteiger partial charge in [-0.25, -0.2) is 4.98 Å². The molecule has 1 aliphatic rings. The van der Waals surface area contributed by atoms with Gasteiger partial charge < -0.3 is 10.2 Å². The smallest absolute Gasteiger partial charge is 0.185 e. The second-order valence-corrected chi connectivity index (χ2v) is 7.20. The molecule has 4 heteroatoms. The summed E-state index contributed by atoms with van der Waals surface area (Å²) in [7, 11) is 1.98. The van der Waals surface area contributed by atoms with Crippen LogP contribution in [0.3, 0.4) is 0 Å². The molecule has 0 amide bonds. The molecule has 3 nitrogen and oxygen atoms in total. The number of rotatable bonds is 3. The van der Waals surface area contributed by atoms with Crippen LogP contribution in [-0.4, -0.2) is 25.1 Å². The summed E-state index contributed by atoms with van der Waals surface area (Å²) in [4.78, 5) is 7.21. The second kappa shape index (κ2) is 5.17. The second-order valence-electron chi connectivity index (χ2n) is 6.36. The molecule has 2 rings (SSSR count). The lowest BCUT2D eigenvalue weighted by Gasteiger charge is -2.26. The lowest BCUT2D eigenvalue weighted by atomic mass is 9.80. The Bertz CT molecular complexity index is 394. The van der Waals surface area contributed by atoms with Crippen LogP contribution >= 0.6 is 11.3 Å². The fraction of sp³-hybridized carbons (Fsp3) is 0.786. The molecule has 2 unspecified atom stereocenters. The zero-order valence-corrected chi connectivity index (χ0v) is 13.0. The molecule has 102 valence electrons. The van der Waals surface area contributed by atoms with Gasteiger partial charge >= 0.3 is 0 Å². The molecule has 1 N–H and O–H groups in total. The van der Waals surface area contributed by atoms with Crippen molar-refractivity contribution in [2.24, 2.45) is 11.3 Å². The minimum Gasteiger partial charge on any atom is -0.348 e. The summed E-state index contributed by atoms with van der Waals surface area (Å²) in [5, 5.41) is 6.62. The van der Waals surface area contributed by atoms with Gasteiger partial charge in [0.15, 0.2) is 5.13 Å². The minimum atomic E-state index is 0.344. The van der Waals surface area contributed by atoms with Gasteiger partial charge in [-0.05, 0) is 31.7 Å². The van der Waals surface area contributed by atoms with Crippen LogP contribution in [0.5, 0.6) is 0 Å². The Balaban J connectivity index is 2.04. The molecule has 1 aromatic rings. The molecule has 0 saturated carbocycles. The van der Waals surface area contributed by atoms with E-state index in [4.69, 9.17) is 4.98 Å². The van der Waals surface area contributed by atoms with Crippen LogP contribution in [0.2, 0.25) is 0 Å². The normalized spacial score (nSPS) is 22.5. The number of hydrogen-bond donors (Lipinski definition) is 1. The maximum atomic E-state index is 4.76. The molecule has 0 aromatic carbocycles. The summed E-state index contributed by atoms with van der Waals surface area (Å²) >= 11 is 1.78. The van der Waals surface area contributed by atoms with Crippen molar-refractivity contribution < 1.29 is 0 Å². The van der Waals surface area contributed by atoms with Crippen LogP contribution in [0.15, 0.2) is 5.38 Å². The molecule has 0 aliphatic carbocycles. The van der Waals surface area contributed by atoms with E-state index in [1.807, 2.05) is 7.05 Å². The van der Waals surface area contributed by atoms with Gasteiger partial charge in [-0.3, -0.25) is 0 Å². The Hall–Kier alpha value is -0.610. The third kappa shape index (κ3) is 2.86. The predicted molar refractivity (Wildman–Crippen MR) is 79.4 cm³/mol. The average Bonchev–Trinajstić information content (AvgIpc) is 2.94. The summed E-state index contributed by atoms with van der Waals surface area (Å²) in [5.41, 5.74) is 1.57. The fourth-order valence-corrected chi connectivity index (χ4v) is 3.37. The lowest BCUT2D eigenvalue weighted by Crippen LogP contribution is -2.25. The monoisotopic (exact) mass is 267 g/mol. The van der Waals surface area contributed by atoms with Crippen molar-refractivity contribution in [2.45, 2.75) is 40.2 Å². The van der Waals surface area contributed by atoms with Crippen LogP contribution in [0.4, 0.5) is 5.13 Å². The average molecular weight is 267 g/mol. The van der Waals surface area contributed by atoms with Crippen LogP contribution in [0.1, 0.15) is 45.9 Å². The van der Waals surface area contributed by atoms with Crippen molar-refractivity contribution in [3.8, 4) is 0 Å². The number of nitrogens with one attached hydrogen (secondary N) is 1.